The summed E-state index contributed by atoms with van der Waals surface area (Å²) >= 11 is 5.35. The zero-order valence-electron chi connectivity index (χ0n) is 10.7. The lowest BCUT2D eigenvalue weighted by Crippen LogP contribution is -2.30. The van der Waals surface area contributed by atoms with Crippen LogP contribution in [0.1, 0.15) is 30.3 Å². The van der Waals surface area contributed by atoms with Crippen molar-refractivity contribution in [2.45, 2.75) is 32.4 Å². The standard InChI is InChI=1S/C15H18BrNS/c1-11(9-15-7-4-8-18-15)17-12(2)13-5-3-6-14(16)10-13/h3-8,10-12,17H,9H2,1-2H3. The van der Waals surface area contributed by atoms with Crippen LogP contribution in [-0.2, 0) is 6.42 Å². The molecule has 18 heavy (non-hydrogen) atoms. The van der Waals surface area contributed by atoms with Gasteiger partial charge in [0.05, 0.1) is 0 Å². The average molecular weight is 324 g/mol. The van der Waals surface area contributed by atoms with Gasteiger partial charge in [0, 0.05) is 21.4 Å². The minimum Gasteiger partial charge on any atom is -0.307 e. The highest BCUT2D eigenvalue weighted by Gasteiger charge is 2.10. The molecule has 3 heteroatoms. The van der Waals surface area contributed by atoms with Crippen LogP contribution in [0.25, 0.3) is 0 Å². The molecular formula is C15H18BrNS. The number of thiophene rings is 1. The van der Waals surface area contributed by atoms with Gasteiger partial charge in [0.2, 0.25) is 0 Å². The Bertz CT molecular complexity index is 481. The summed E-state index contributed by atoms with van der Waals surface area (Å²) in [7, 11) is 0. The topological polar surface area (TPSA) is 12.0 Å². The van der Waals surface area contributed by atoms with Crippen LogP contribution in [0.15, 0.2) is 46.3 Å². The number of halogens is 1. The van der Waals surface area contributed by atoms with Crippen LogP contribution in [-0.4, -0.2) is 6.04 Å². The lowest BCUT2D eigenvalue weighted by Gasteiger charge is -2.20. The Morgan fingerprint density at radius 1 is 1.22 bits per heavy atom. The van der Waals surface area contributed by atoms with Crippen molar-refractivity contribution in [3.8, 4) is 0 Å². The SMILES string of the molecule is CC(Cc1cccs1)NC(C)c1cccc(Br)c1. The maximum atomic E-state index is 3.65. The molecule has 0 aliphatic carbocycles. The molecule has 0 fully saturated rings. The second-order valence-electron chi connectivity index (χ2n) is 4.63. The Labute approximate surface area is 121 Å². The first-order chi connectivity index (χ1) is 8.65. The second-order valence-corrected chi connectivity index (χ2v) is 6.58. The fourth-order valence-corrected chi connectivity index (χ4v) is 3.34. The van der Waals surface area contributed by atoms with E-state index in [0.717, 1.165) is 10.9 Å². The van der Waals surface area contributed by atoms with Crippen LogP contribution in [0.3, 0.4) is 0 Å². The predicted octanol–water partition coefficient (Wildman–Crippen LogP) is 4.79. The van der Waals surface area contributed by atoms with Crippen molar-refractivity contribution in [1.82, 2.24) is 5.32 Å². The number of hydrogen-bond donors (Lipinski definition) is 1. The number of hydrogen-bond acceptors (Lipinski definition) is 2. The van der Waals surface area contributed by atoms with E-state index in [1.165, 1.54) is 10.4 Å². The zero-order valence-corrected chi connectivity index (χ0v) is 13.1. The highest BCUT2D eigenvalue weighted by Crippen LogP contribution is 2.19. The normalized spacial score (nSPS) is 14.4. The molecule has 96 valence electrons. The Kier molecular flexibility index (Phi) is 4.98. The molecule has 0 radical (unpaired) electrons. The van der Waals surface area contributed by atoms with E-state index in [0.29, 0.717) is 12.1 Å². The van der Waals surface area contributed by atoms with Gasteiger partial charge in [-0.15, -0.1) is 11.3 Å². The van der Waals surface area contributed by atoms with Gasteiger partial charge in [0.15, 0.2) is 0 Å². The number of nitrogens with one attached hydrogen (secondary N) is 1. The maximum Gasteiger partial charge on any atom is 0.0294 e. The summed E-state index contributed by atoms with van der Waals surface area (Å²) in [6, 6.07) is 13.7. The van der Waals surface area contributed by atoms with Gasteiger partial charge < -0.3 is 5.32 Å². The molecule has 0 bridgehead atoms. The first-order valence-corrected chi connectivity index (χ1v) is 7.86. The summed E-state index contributed by atoms with van der Waals surface area (Å²) in [4.78, 5) is 1.44. The third-order valence-electron chi connectivity index (χ3n) is 2.97. The molecule has 0 saturated heterocycles. The lowest BCUT2D eigenvalue weighted by atomic mass is 10.1. The van der Waals surface area contributed by atoms with Gasteiger partial charge in [-0.05, 0) is 49.4 Å². The molecular weight excluding hydrogens is 306 g/mol. The van der Waals surface area contributed by atoms with Gasteiger partial charge in [-0.1, -0.05) is 34.1 Å². The Hall–Kier alpha value is -0.640. The van der Waals surface area contributed by atoms with Gasteiger partial charge in [-0.2, -0.15) is 0 Å². The van der Waals surface area contributed by atoms with E-state index in [4.69, 9.17) is 0 Å². The highest BCUT2D eigenvalue weighted by atomic mass is 79.9. The molecule has 2 unspecified atom stereocenters. The fourth-order valence-electron chi connectivity index (χ4n) is 2.09. The van der Waals surface area contributed by atoms with Crippen molar-refractivity contribution >= 4 is 27.3 Å². The van der Waals surface area contributed by atoms with Crippen molar-refractivity contribution in [2.24, 2.45) is 0 Å². The summed E-state index contributed by atoms with van der Waals surface area (Å²) in [6.45, 7) is 4.46. The third kappa shape index (κ3) is 3.94. The highest BCUT2D eigenvalue weighted by molar-refractivity contribution is 9.10. The molecule has 1 aromatic heterocycles. The molecule has 0 aliphatic heterocycles. The van der Waals surface area contributed by atoms with Gasteiger partial charge >= 0.3 is 0 Å². The summed E-state index contributed by atoms with van der Waals surface area (Å²) in [5, 5.41) is 5.79. The first kappa shape index (κ1) is 13.8. The molecule has 2 rings (SSSR count). The van der Waals surface area contributed by atoms with E-state index in [2.05, 4.69) is 76.9 Å². The van der Waals surface area contributed by atoms with E-state index in [1.807, 2.05) is 11.3 Å². The molecule has 2 aromatic rings. The summed E-state index contributed by atoms with van der Waals surface area (Å²) in [5.74, 6) is 0. The number of rotatable bonds is 5. The van der Waals surface area contributed by atoms with Crippen LogP contribution in [0, 0.1) is 0 Å². The van der Waals surface area contributed by atoms with Gasteiger partial charge in [0.1, 0.15) is 0 Å². The molecule has 1 N–H and O–H groups in total. The molecule has 1 heterocycles. The summed E-state index contributed by atoms with van der Waals surface area (Å²) in [6.07, 6.45) is 1.09. The summed E-state index contributed by atoms with van der Waals surface area (Å²) < 4.78 is 1.14. The van der Waals surface area contributed by atoms with Crippen molar-refractivity contribution in [2.75, 3.05) is 0 Å². The smallest absolute Gasteiger partial charge is 0.0294 e. The molecule has 2 atom stereocenters. The first-order valence-electron chi connectivity index (χ1n) is 6.19. The number of benzene rings is 1. The fraction of sp³-hybridized carbons (Fsp3) is 0.333. The van der Waals surface area contributed by atoms with Gasteiger partial charge in [0.25, 0.3) is 0 Å². The van der Waals surface area contributed by atoms with E-state index >= 15 is 0 Å². The Balaban J connectivity index is 1.92. The quantitative estimate of drug-likeness (QED) is 0.833. The molecule has 1 aromatic carbocycles. The Morgan fingerprint density at radius 2 is 2.06 bits per heavy atom. The largest absolute Gasteiger partial charge is 0.307 e. The van der Waals surface area contributed by atoms with Crippen LogP contribution in [0.4, 0.5) is 0 Å². The van der Waals surface area contributed by atoms with Crippen LogP contribution >= 0.6 is 27.3 Å². The molecule has 1 nitrogen and oxygen atoms in total. The maximum absolute atomic E-state index is 3.65. The van der Waals surface area contributed by atoms with Crippen LogP contribution in [0.5, 0.6) is 0 Å². The second kappa shape index (κ2) is 6.50. The molecule has 0 aliphatic rings. The monoisotopic (exact) mass is 323 g/mol. The molecule has 0 spiro atoms. The molecule has 0 saturated carbocycles. The minimum atomic E-state index is 0.373. The minimum absolute atomic E-state index is 0.373. The van der Waals surface area contributed by atoms with E-state index in [9.17, 15) is 0 Å². The van der Waals surface area contributed by atoms with Crippen molar-refractivity contribution in [1.29, 1.82) is 0 Å². The van der Waals surface area contributed by atoms with Crippen LogP contribution in [0.2, 0.25) is 0 Å². The van der Waals surface area contributed by atoms with Crippen molar-refractivity contribution < 1.29 is 0 Å². The van der Waals surface area contributed by atoms with E-state index < -0.39 is 0 Å². The average Bonchev–Trinajstić information content (AvgIpc) is 2.81. The van der Waals surface area contributed by atoms with Crippen molar-refractivity contribution in [3.63, 3.8) is 0 Å². The zero-order chi connectivity index (χ0) is 13.0. The Morgan fingerprint density at radius 3 is 2.72 bits per heavy atom. The van der Waals surface area contributed by atoms with Gasteiger partial charge in [-0.25, -0.2) is 0 Å². The van der Waals surface area contributed by atoms with Crippen LogP contribution < -0.4 is 5.32 Å². The summed E-state index contributed by atoms with van der Waals surface area (Å²) in [5.41, 5.74) is 1.32. The third-order valence-corrected chi connectivity index (χ3v) is 4.36. The van der Waals surface area contributed by atoms with Gasteiger partial charge in [-0.3, -0.25) is 0 Å². The molecule has 0 amide bonds. The van der Waals surface area contributed by atoms with E-state index in [-0.39, 0.29) is 0 Å². The predicted molar refractivity (Wildman–Crippen MR) is 83.2 cm³/mol. The van der Waals surface area contributed by atoms with Crippen molar-refractivity contribution in [3.05, 3.63) is 56.7 Å². The lowest BCUT2D eigenvalue weighted by molar-refractivity contribution is 0.479. The van der Waals surface area contributed by atoms with E-state index in [1.54, 1.807) is 0 Å².